The first-order chi connectivity index (χ1) is 14.3. The lowest BCUT2D eigenvalue weighted by atomic mass is 10.1. The lowest BCUT2D eigenvalue weighted by Gasteiger charge is -2.13. The van der Waals surface area contributed by atoms with Crippen molar-refractivity contribution in [3.63, 3.8) is 0 Å². The van der Waals surface area contributed by atoms with E-state index < -0.39 is 28.9 Å². The second kappa shape index (κ2) is 10.4. The highest BCUT2D eigenvalue weighted by atomic mass is 19.1. The van der Waals surface area contributed by atoms with Crippen molar-refractivity contribution in [1.82, 2.24) is 4.57 Å². The van der Waals surface area contributed by atoms with Crippen molar-refractivity contribution in [3.8, 4) is 23.7 Å². The minimum atomic E-state index is -1.10. The van der Waals surface area contributed by atoms with E-state index in [1.807, 2.05) is 0 Å². The van der Waals surface area contributed by atoms with Crippen LogP contribution < -0.4 is 10.3 Å². The lowest BCUT2D eigenvalue weighted by Crippen LogP contribution is -2.30. The van der Waals surface area contributed by atoms with Gasteiger partial charge in [-0.2, -0.15) is 5.26 Å². The van der Waals surface area contributed by atoms with Gasteiger partial charge in [0.15, 0.2) is 11.6 Å². The van der Waals surface area contributed by atoms with Crippen molar-refractivity contribution in [2.45, 2.75) is 53.0 Å². The number of carbonyl (C=O) groups is 1. The number of nitriles is 1. The fourth-order valence-corrected chi connectivity index (χ4v) is 2.89. The van der Waals surface area contributed by atoms with Gasteiger partial charge >= 0.3 is 5.97 Å². The van der Waals surface area contributed by atoms with Crippen molar-refractivity contribution < 1.29 is 18.3 Å². The Morgan fingerprint density at radius 1 is 1.17 bits per heavy atom. The van der Waals surface area contributed by atoms with Crippen molar-refractivity contribution in [1.29, 1.82) is 5.26 Å². The van der Waals surface area contributed by atoms with Crippen LogP contribution in [0.4, 0.5) is 8.78 Å². The van der Waals surface area contributed by atoms with E-state index in [1.54, 1.807) is 13.0 Å². The number of ether oxygens (including phenoxy) is 1. The maximum Gasteiger partial charge on any atom is 0.360 e. The molecule has 0 unspecified atom stereocenters. The van der Waals surface area contributed by atoms with E-state index in [2.05, 4.69) is 18.8 Å². The number of unbranched alkanes of at least 4 members (excludes halogenated alkanes) is 3. The van der Waals surface area contributed by atoms with Gasteiger partial charge in [0.25, 0.3) is 5.56 Å². The largest absolute Gasteiger partial charge is 0.416 e. The van der Waals surface area contributed by atoms with Gasteiger partial charge in [-0.1, -0.05) is 31.6 Å². The number of nitrogens with zero attached hydrogens (tertiary/aromatic N) is 2. The molecule has 1 aromatic heterocycles. The van der Waals surface area contributed by atoms with Crippen LogP contribution in [-0.4, -0.2) is 10.5 Å². The summed E-state index contributed by atoms with van der Waals surface area (Å²) in [6.07, 6.45) is 3.62. The monoisotopic (exact) mass is 412 g/mol. The number of aryl methyl sites for hydroxylation is 1. The predicted octanol–water partition coefficient (Wildman–Crippen LogP) is 4.48. The van der Waals surface area contributed by atoms with Crippen LogP contribution in [0.2, 0.25) is 0 Å². The molecule has 1 heterocycles. The SMILES string of the molecule is CCCCCC#Cc1cc(F)c(OC(=O)c2cc(C)c(C#N)c(=O)n2CC)c(F)c1. The molecular formula is C23H22F2N2O3. The first-order valence-electron chi connectivity index (χ1n) is 9.68. The van der Waals surface area contributed by atoms with Crippen LogP contribution >= 0.6 is 0 Å². The standard InChI is InChI=1S/C23H22F2N2O3/c1-4-6-7-8-9-10-16-12-18(24)21(19(25)13-16)30-23(29)20-11-15(3)17(14-26)22(28)27(20)5-2/h11-13H,4-8H2,1-3H3. The summed E-state index contributed by atoms with van der Waals surface area (Å²) in [6, 6.07) is 5.07. The average Bonchev–Trinajstić information content (AvgIpc) is 2.70. The fraction of sp³-hybridized carbons (Fsp3) is 0.348. The lowest BCUT2D eigenvalue weighted by molar-refractivity contribution is 0.0707. The van der Waals surface area contributed by atoms with Crippen LogP contribution in [0.15, 0.2) is 23.0 Å². The average molecular weight is 412 g/mol. The van der Waals surface area contributed by atoms with Gasteiger partial charge in [-0.15, -0.1) is 0 Å². The summed E-state index contributed by atoms with van der Waals surface area (Å²) >= 11 is 0. The molecule has 0 spiro atoms. The Morgan fingerprint density at radius 2 is 1.83 bits per heavy atom. The molecule has 5 nitrogen and oxygen atoms in total. The maximum atomic E-state index is 14.4. The highest BCUT2D eigenvalue weighted by Crippen LogP contribution is 2.24. The topological polar surface area (TPSA) is 72.1 Å². The smallest absolute Gasteiger partial charge is 0.360 e. The molecule has 2 aromatic rings. The van der Waals surface area contributed by atoms with E-state index in [-0.39, 0.29) is 28.9 Å². The Morgan fingerprint density at radius 3 is 2.40 bits per heavy atom. The van der Waals surface area contributed by atoms with Gasteiger partial charge in [0.05, 0.1) is 0 Å². The fourth-order valence-electron chi connectivity index (χ4n) is 2.89. The molecule has 0 saturated heterocycles. The van der Waals surface area contributed by atoms with Gasteiger partial charge in [0.1, 0.15) is 17.3 Å². The third-order valence-electron chi connectivity index (χ3n) is 4.47. The quantitative estimate of drug-likeness (QED) is 0.304. The van der Waals surface area contributed by atoms with E-state index in [0.717, 1.165) is 36.0 Å². The van der Waals surface area contributed by atoms with E-state index in [0.29, 0.717) is 6.42 Å². The molecule has 0 bridgehead atoms. The van der Waals surface area contributed by atoms with Gasteiger partial charge in [-0.25, -0.2) is 13.6 Å². The van der Waals surface area contributed by atoms with Crippen LogP contribution in [0.1, 0.15) is 66.7 Å². The molecular weight excluding hydrogens is 390 g/mol. The zero-order valence-electron chi connectivity index (χ0n) is 17.1. The van der Waals surface area contributed by atoms with Gasteiger partial charge in [0.2, 0.25) is 5.75 Å². The minimum Gasteiger partial charge on any atom is -0.416 e. The highest BCUT2D eigenvalue weighted by molar-refractivity contribution is 5.89. The van der Waals surface area contributed by atoms with Crippen molar-refractivity contribution in [2.24, 2.45) is 0 Å². The minimum absolute atomic E-state index is 0.0791. The summed E-state index contributed by atoms with van der Waals surface area (Å²) < 4.78 is 34.7. The first-order valence-corrected chi connectivity index (χ1v) is 9.68. The third-order valence-corrected chi connectivity index (χ3v) is 4.47. The van der Waals surface area contributed by atoms with Gasteiger partial charge in [-0.3, -0.25) is 4.79 Å². The van der Waals surface area contributed by atoms with Crippen LogP contribution in [0.3, 0.4) is 0 Å². The number of aromatic nitrogens is 1. The summed E-state index contributed by atoms with van der Waals surface area (Å²) in [7, 11) is 0. The molecule has 0 N–H and O–H groups in total. The van der Waals surface area contributed by atoms with E-state index in [1.165, 1.54) is 13.0 Å². The number of carbonyl (C=O) groups excluding carboxylic acids is 1. The number of hydrogen-bond donors (Lipinski definition) is 0. The number of rotatable bonds is 6. The second-order valence-corrected chi connectivity index (χ2v) is 6.67. The van der Waals surface area contributed by atoms with Crippen LogP contribution in [0, 0.1) is 41.7 Å². The van der Waals surface area contributed by atoms with Crippen molar-refractivity contribution in [3.05, 3.63) is 62.6 Å². The molecule has 0 atom stereocenters. The summed E-state index contributed by atoms with van der Waals surface area (Å²) in [5.74, 6) is 1.45. The number of halogens is 2. The van der Waals surface area contributed by atoms with Crippen LogP contribution in [0.5, 0.6) is 5.75 Å². The van der Waals surface area contributed by atoms with E-state index in [4.69, 9.17) is 10.00 Å². The normalized spacial score (nSPS) is 10.1. The molecule has 0 aliphatic rings. The van der Waals surface area contributed by atoms with Gasteiger partial charge in [-0.05, 0) is 44.0 Å². The van der Waals surface area contributed by atoms with Crippen LogP contribution in [0.25, 0.3) is 0 Å². The Balaban J connectivity index is 2.32. The zero-order valence-corrected chi connectivity index (χ0v) is 17.1. The summed E-state index contributed by atoms with van der Waals surface area (Å²) in [6.45, 7) is 5.24. The molecule has 2 rings (SSSR count). The van der Waals surface area contributed by atoms with Crippen molar-refractivity contribution in [2.75, 3.05) is 0 Å². The van der Waals surface area contributed by atoms with Gasteiger partial charge < -0.3 is 9.30 Å². The van der Waals surface area contributed by atoms with E-state index in [9.17, 15) is 18.4 Å². The highest BCUT2D eigenvalue weighted by Gasteiger charge is 2.22. The number of hydrogen-bond acceptors (Lipinski definition) is 4. The molecule has 0 aliphatic heterocycles. The van der Waals surface area contributed by atoms with Gasteiger partial charge in [0, 0.05) is 18.5 Å². The van der Waals surface area contributed by atoms with E-state index >= 15 is 0 Å². The Labute approximate surface area is 173 Å². The zero-order chi connectivity index (χ0) is 22.3. The summed E-state index contributed by atoms with van der Waals surface area (Å²) in [4.78, 5) is 24.9. The molecule has 0 radical (unpaired) electrons. The second-order valence-electron chi connectivity index (χ2n) is 6.67. The Kier molecular flexibility index (Phi) is 7.89. The molecule has 30 heavy (non-hydrogen) atoms. The number of esters is 1. The first kappa shape index (κ1) is 22.8. The molecule has 0 aliphatic carbocycles. The van der Waals surface area contributed by atoms with Crippen molar-refractivity contribution >= 4 is 5.97 Å². The predicted molar refractivity (Wildman–Crippen MR) is 108 cm³/mol. The number of benzene rings is 1. The molecule has 0 fully saturated rings. The summed E-state index contributed by atoms with van der Waals surface area (Å²) in [5, 5.41) is 9.10. The molecule has 156 valence electrons. The molecule has 0 saturated carbocycles. The Bertz CT molecular complexity index is 1100. The molecule has 1 aromatic carbocycles. The molecule has 7 heteroatoms. The number of pyridine rings is 1. The maximum absolute atomic E-state index is 14.4. The Hall–Kier alpha value is -3.45. The summed E-state index contributed by atoms with van der Waals surface area (Å²) in [5.41, 5.74) is -0.554. The van der Waals surface area contributed by atoms with Crippen LogP contribution in [-0.2, 0) is 6.54 Å². The molecule has 0 amide bonds. The third kappa shape index (κ3) is 5.12.